The van der Waals surface area contributed by atoms with E-state index in [0.29, 0.717) is 19.0 Å². The lowest BCUT2D eigenvalue weighted by Gasteiger charge is -2.32. The Labute approximate surface area is 137 Å². The van der Waals surface area contributed by atoms with Gasteiger partial charge in [0.15, 0.2) is 0 Å². The molecule has 1 amide bonds. The molecule has 2 aromatic rings. The maximum absolute atomic E-state index is 12.3. The van der Waals surface area contributed by atoms with Crippen LogP contribution in [0.5, 0.6) is 0 Å². The largest absolute Gasteiger partial charge is 0.481 e. The summed E-state index contributed by atoms with van der Waals surface area (Å²) in [6, 6.07) is 9.36. The van der Waals surface area contributed by atoms with Gasteiger partial charge in [0.2, 0.25) is 11.7 Å². The molecule has 1 aromatic carbocycles. The highest BCUT2D eigenvalue weighted by molar-refractivity contribution is 5.76. The van der Waals surface area contributed by atoms with Gasteiger partial charge in [-0.2, -0.15) is 4.80 Å². The predicted octanol–water partition coefficient (Wildman–Crippen LogP) is 0.0422. The van der Waals surface area contributed by atoms with Crippen LogP contribution in [0.4, 0.5) is 0 Å². The maximum Gasteiger partial charge on any atom is 0.306 e. The zero-order valence-corrected chi connectivity index (χ0v) is 12.9. The molecule has 2 heterocycles. The Balaban J connectivity index is 1.61. The summed E-state index contributed by atoms with van der Waals surface area (Å²) in [5.41, 5.74) is 0.823. The SMILES string of the molecule is O=C(O)CC1CN(C(=O)Cn2nnc(-c3ccccc3)n2)CCO1. The number of tetrazole rings is 1. The predicted molar refractivity (Wildman–Crippen MR) is 81.8 cm³/mol. The van der Waals surface area contributed by atoms with Crippen LogP contribution in [0.1, 0.15) is 6.42 Å². The molecule has 9 heteroatoms. The number of carboxylic acid groups (broad SMARTS) is 1. The quantitative estimate of drug-likeness (QED) is 0.823. The summed E-state index contributed by atoms with van der Waals surface area (Å²) in [6.45, 7) is 0.962. The highest BCUT2D eigenvalue weighted by atomic mass is 16.5. The molecule has 1 atom stereocenters. The van der Waals surface area contributed by atoms with Crippen LogP contribution in [0, 0.1) is 0 Å². The lowest BCUT2D eigenvalue weighted by atomic mass is 10.2. The standard InChI is InChI=1S/C15H17N5O4/c21-13(19-6-7-24-12(9-19)8-14(22)23)10-20-17-15(16-18-20)11-4-2-1-3-5-11/h1-5,12H,6-10H2,(H,22,23). The van der Waals surface area contributed by atoms with Crippen molar-refractivity contribution in [1.82, 2.24) is 25.1 Å². The summed E-state index contributed by atoms with van der Waals surface area (Å²) < 4.78 is 5.36. The second-order valence-corrected chi connectivity index (χ2v) is 5.44. The van der Waals surface area contributed by atoms with Gasteiger partial charge in [0, 0.05) is 18.7 Å². The Hall–Kier alpha value is -2.81. The molecule has 0 spiro atoms. The number of benzene rings is 1. The van der Waals surface area contributed by atoms with Crippen LogP contribution in [-0.2, 0) is 20.9 Å². The number of aromatic nitrogens is 4. The Kier molecular flexibility index (Phi) is 4.80. The number of nitrogens with zero attached hydrogens (tertiary/aromatic N) is 5. The highest BCUT2D eigenvalue weighted by Crippen LogP contribution is 2.12. The number of hydrogen-bond acceptors (Lipinski definition) is 6. The van der Waals surface area contributed by atoms with Crippen molar-refractivity contribution in [2.45, 2.75) is 19.1 Å². The van der Waals surface area contributed by atoms with Gasteiger partial charge in [-0.3, -0.25) is 9.59 Å². The maximum atomic E-state index is 12.3. The molecule has 3 rings (SSSR count). The van der Waals surface area contributed by atoms with Gasteiger partial charge < -0.3 is 14.7 Å². The summed E-state index contributed by atoms with van der Waals surface area (Å²) in [5.74, 6) is -0.681. The van der Waals surface area contributed by atoms with Crippen LogP contribution >= 0.6 is 0 Å². The van der Waals surface area contributed by atoms with Crippen molar-refractivity contribution in [3.05, 3.63) is 30.3 Å². The third kappa shape index (κ3) is 3.93. The second-order valence-electron chi connectivity index (χ2n) is 5.44. The number of carbonyl (C=O) groups excluding carboxylic acids is 1. The summed E-state index contributed by atoms with van der Waals surface area (Å²) in [4.78, 5) is 25.9. The van der Waals surface area contributed by atoms with Crippen LogP contribution in [0.15, 0.2) is 30.3 Å². The number of hydrogen-bond donors (Lipinski definition) is 1. The lowest BCUT2D eigenvalue weighted by Crippen LogP contribution is -2.47. The van der Waals surface area contributed by atoms with Crippen molar-refractivity contribution in [1.29, 1.82) is 0 Å². The Bertz CT molecular complexity index is 718. The van der Waals surface area contributed by atoms with Crippen molar-refractivity contribution < 1.29 is 19.4 Å². The molecule has 126 valence electrons. The van der Waals surface area contributed by atoms with Gasteiger partial charge in [-0.25, -0.2) is 0 Å². The number of rotatable bonds is 5. The average Bonchev–Trinajstić information content (AvgIpc) is 3.04. The van der Waals surface area contributed by atoms with E-state index in [-0.39, 0.29) is 25.4 Å². The number of aliphatic carboxylic acids is 1. The molecular weight excluding hydrogens is 314 g/mol. The molecular formula is C15H17N5O4. The van der Waals surface area contributed by atoms with Crippen LogP contribution in [-0.4, -0.2) is 67.9 Å². The summed E-state index contributed by atoms with van der Waals surface area (Å²) in [5, 5.41) is 20.9. The van der Waals surface area contributed by atoms with Crippen molar-refractivity contribution in [3.63, 3.8) is 0 Å². The highest BCUT2D eigenvalue weighted by Gasteiger charge is 2.26. The van der Waals surface area contributed by atoms with Gasteiger partial charge in [0.05, 0.1) is 19.1 Å². The smallest absolute Gasteiger partial charge is 0.306 e. The monoisotopic (exact) mass is 331 g/mol. The Morgan fingerprint density at radius 2 is 2.08 bits per heavy atom. The number of carbonyl (C=O) groups is 2. The molecule has 1 saturated heterocycles. The first-order valence-corrected chi connectivity index (χ1v) is 7.56. The molecule has 1 unspecified atom stereocenters. The number of carboxylic acids is 1. The molecule has 1 aliphatic rings. The Morgan fingerprint density at radius 3 is 2.83 bits per heavy atom. The molecule has 1 aromatic heterocycles. The molecule has 0 saturated carbocycles. The molecule has 0 aliphatic carbocycles. The molecule has 0 bridgehead atoms. The molecule has 24 heavy (non-hydrogen) atoms. The third-order valence-corrected chi connectivity index (χ3v) is 3.66. The first kappa shape index (κ1) is 16.1. The van der Waals surface area contributed by atoms with Crippen LogP contribution in [0.3, 0.4) is 0 Å². The molecule has 1 fully saturated rings. The summed E-state index contributed by atoms with van der Waals surface area (Å²) in [7, 11) is 0. The minimum absolute atomic E-state index is 0.0420. The van der Waals surface area contributed by atoms with Crippen LogP contribution in [0.2, 0.25) is 0 Å². The van der Waals surface area contributed by atoms with Crippen molar-refractivity contribution in [2.24, 2.45) is 0 Å². The fraction of sp³-hybridized carbons (Fsp3) is 0.400. The first-order chi connectivity index (χ1) is 11.6. The summed E-state index contributed by atoms with van der Waals surface area (Å²) in [6.07, 6.45) is -0.604. The number of ether oxygens (including phenoxy) is 1. The lowest BCUT2D eigenvalue weighted by molar-refractivity contribution is -0.148. The molecule has 1 aliphatic heterocycles. The fourth-order valence-corrected chi connectivity index (χ4v) is 2.50. The van der Waals surface area contributed by atoms with E-state index in [4.69, 9.17) is 9.84 Å². The number of amides is 1. The normalized spacial score (nSPS) is 17.7. The van der Waals surface area contributed by atoms with Gasteiger partial charge in [-0.05, 0) is 5.21 Å². The van der Waals surface area contributed by atoms with E-state index >= 15 is 0 Å². The minimum Gasteiger partial charge on any atom is -0.481 e. The molecule has 0 radical (unpaired) electrons. The number of morpholine rings is 1. The van der Waals surface area contributed by atoms with E-state index in [1.54, 1.807) is 4.90 Å². The van der Waals surface area contributed by atoms with E-state index < -0.39 is 12.1 Å². The van der Waals surface area contributed by atoms with E-state index in [0.717, 1.165) is 5.56 Å². The fourth-order valence-electron chi connectivity index (χ4n) is 2.50. The van der Waals surface area contributed by atoms with Crippen LogP contribution < -0.4 is 0 Å². The van der Waals surface area contributed by atoms with Gasteiger partial charge in [-0.15, -0.1) is 10.2 Å². The second kappa shape index (κ2) is 7.18. The average molecular weight is 331 g/mol. The van der Waals surface area contributed by atoms with E-state index in [9.17, 15) is 9.59 Å². The van der Waals surface area contributed by atoms with E-state index in [2.05, 4.69) is 15.4 Å². The molecule has 1 N–H and O–H groups in total. The third-order valence-electron chi connectivity index (χ3n) is 3.66. The van der Waals surface area contributed by atoms with E-state index in [1.807, 2.05) is 30.3 Å². The van der Waals surface area contributed by atoms with Crippen molar-refractivity contribution in [3.8, 4) is 11.4 Å². The van der Waals surface area contributed by atoms with Crippen LogP contribution in [0.25, 0.3) is 11.4 Å². The summed E-state index contributed by atoms with van der Waals surface area (Å²) >= 11 is 0. The van der Waals surface area contributed by atoms with Gasteiger partial charge >= 0.3 is 5.97 Å². The van der Waals surface area contributed by atoms with Gasteiger partial charge in [0.1, 0.15) is 6.54 Å². The molecule has 9 nitrogen and oxygen atoms in total. The first-order valence-electron chi connectivity index (χ1n) is 7.56. The van der Waals surface area contributed by atoms with Crippen molar-refractivity contribution >= 4 is 11.9 Å². The minimum atomic E-state index is -0.945. The van der Waals surface area contributed by atoms with Crippen molar-refractivity contribution in [2.75, 3.05) is 19.7 Å². The zero-order chi connectivity index (χ0) is 16.9. The van der Waals surface area contributed by atoms with Gasteiger partial charge in [0.25, 0.3) is 0 Å². The zero-order valence-electron chi connectivity index (χ0n) is 12.9. The Morgan fingerprint density at radius 1 is 1.29 bits per heavy atom. The van der Waals surface area contributed by atoms with Gasteiger partial charge in [-0.1, -0.05) is 30.3 Å². The van der Waals surface area contributed by atoms with E-state index in [1.165, 1.54) is 4.80 Å². The topological polar surface area (TPSA) is 110 Å².